The topological polar surface area (TPSA) is 75.7 Å². The molecule has 0 aliphatic carbocycles. The Bertz CT molecular complexity index is 637. The Morgan fingerprint density at radius 3 is 2.70 bits per heavy atom. The Morgan fingerprint density at radius 2 is 2.04 bits per heavy atom. The summed E-state index contributed by atoms with van der Waals surface area (Å²) in [5.74, 6) is 0.529. The molecule has 2 rings (SSSR count). The van der Waals surface area contributed by atoms with Gasteiger partial charge in [-0.3, -0.25) is 4.79 Å². The molecule has 1 saturated heterocycles. The summed E-state index contributed by atoms with van der Waals surface area (Å²) in [6, 6.07) is 6.19. The van der Waals surface area contributed by atoms with Crippen molar-refractivity contribution < 1.29 is 17.9 Å². The van der Waals surface area contributed by atoms with Gasteiger partial charge in [0.05, 0.1) is 11.5 Å². The minimum atomic E-state index is -3.63. The number of ether oxygens (including phenoxy) is 1. The maximum absolute atomic E-state index is 12.5. The molecule has 1 aliphatic heterocycles. The van der Waals surface area contributed by atoms with E-state index in [1.165, 1.54) is 19.2 Å². The molecule has 1 aromatic rings. The number of carbonyl (C=O) groups is 1. The highest BCUT2D eigenvalue weighted by molar-refractivity contribution is 7.89. The third-order valence-electron chi connectivity index (χ3n) is 4.06. The van der Waals surface area contributed by atoms with Gasteiger partial charge >= 0.3 is 0 Å². The monoisotopic (exact) mass is 340 g/mol. The molecule has 0 bridgehead atoms. The molecule has 1 N–H and O–H groups in total. The standard InChI is InChI=1S/C16H24N2O4S/c1-13-6-9-18(10-7-13)16(19)14-4-3-5-15(12-14)23(20,21)17-8-11-22-2/h3-5,12-13,17H,6-11H2,1-2H3. The second-order valence-corrected chi connectivity index (χ2v) is 7.66. The number of sulfonamides is 1. The highest BCUT2D eigenvalue weighted by atomic mass is 32.2. The predicted octanol–water partition coefficient (Wildman–Crippen LogP) is 1.48. The summed E-state index contributed by atoms with van der Waals surface area (Å²) in [6.07, 6.45) is 1.98. The summed E-state index contributed by atoms with van der Waals surface area (Å²) < 4.78 is 31.7. The van der Waals surface area contributed by atoms with Crippen LogP contribution in [0.15, 0.2) is 29.2 Å². The number of rotatable bonds is 6. The van der Waals surface area contributed by atoms with E-state index in [4.69, 9.17) is 4.74 Å². The van der Waals surface area contributed by atoms with Gasteiger partial charge < -0.3 is 9.64 Å². The van der Waals surface area contributed by atoms with Crippen molar-refractivity contribution in [3.8, 4) is 0 Å². The minimum absolute atomic E-state index is 0.102. The van der Waals surface area contributed by atoms with Crippen molar-refractivity contribution in [2.75, 3.05) is 33.4 Å². The number of benzene rings is 1. The number of hydrogen-bond acceptors (Lipinski definition) is 4. The number of carbonyl (C=O) groups excluding carboxylic acids is 1. The number of hydrogen-bond donors (Lipinski definition) is 1. The summed E-state index contributed by atoms with van der Waals surface area (Å²) in [7, 11) is -2.12. The minimum Gasteiger partial charge on any atom is -0.383 e. The van der Waals surface area contributed by atoms with Gasteiger partial charge in [0.25, 0.3) is 5.91 Å². The van der Waals surface area contributed by atoms with Crippen LogP contribution in [0.2, 0.25) is 0 Å². The van der Waals surface area contributed by atoms with Gasteiger partial charge in [-0.2, -0.15) is 0 Å². The summed E-state index contributed by atoms with van der Waals surface area (Å²) >= 11 is 0. The predicted molar refractivity (Wildman–Crippen MR) is 87.8 cm³/mol. The van der Waals surface area contributed by atoms with E-state index in [2.05, 4.69) is 11.6 Å². The van der Waals surface area contributed by atoms with Gasteiger partial charge in [-0.15, -0.1) is 0 Å². The maximum Gasteiger partial charge on any atom is 0.253 e. The first-order valence-electron chi connectivity index (χ1n) is 7.82. The normalized spacial score (nSPS) is 16.5. The molecule has 7 heteroatoms. The van der Waals surface area contributed by atoms with Crippen LogP contribution < -0.4 is 4.72 Å². The van der Waals surface area contributed by atoms with Gasteiger partial charge in [0, 0.05) is 32.3 Å². The molecule has 0 unspecified atom stereocenters. The zero-order valence-electron chi connectivity index (χ0n) is 13.6. The van der Waals surface area contributed by atoms with Crippen molar-refractivity contribution in [1.82, 2.24) is 9.62 Å². The van der Waals surface area contributed by atoms with Crippen molar-refractivity contribution in [2.24, 2.45) is 5.92 Å². The molecule has 128 valence electrons. The first-order chi connectivity index (χ1) is 10.9. The quantitative estimate of drug-likeness (QED) is 0.796. The smallest absolute Gasteiger partial charge is 0.253 e. The number of nitrogens with one attached hydrogen (secondary N) is 1. The molecule has 0 aromatic heterocycles. The van der Waals surface area contributed by atoms with Crippen LogP contribution in [0, 0.1) is 5.92 Å². The summed E-state index contributed by atoms with van der Waals surface area (Å²) in [5, 5.41) is 0. The lowest BCUT2D eigenvalue weighted by Gasteiger charge is -2.30. The average molecular weight is 340 g/mol. The fourth-order valence-electron chi connectivity index (χ4n) is 2.55. The van der Waals surface area contributed by atoms with E-state index in [0.717, 1.165) is 25.9 Å². The second-order valence-electron chi connectivity index (χ2n) is 5.89. The molecule has 0 radical (unpaired) electrons. The van der Waals surface area contributed by atoms with Crippen LogP contribution >= 0.6 is 0 Å². The summed E-state index contributed by atoms with van der Waals surface area (Å²) in [5.41, 5.74) is 0.411. The molecule has 23 heavy (non-hydrogen) atoms. The molecule has 1 aliphatic rings. The van der Waals surface area contributed by atoms with Crippen LogP contribution in [0.4, 0.5) is 0 Å². The highest BCUT2D eigenvalue weighted by Gasteiger charge is 2.23. The molecule has 1 fully saturated rings. The van der Waals surface area contributed by atoms with Crippen LogP contribution in [0.1, 0.15) is 30.1 Å². The number of methoxy groups -OCH3 is 1. The van der Waals surface area contributed by atoms with Crippen molar-refractivity contribution in [3.63, 3.8) is 0 Å². The SMILES string of the molecule is COCCNS(=O)(=O)c1cccc(C(=O)N2CCC(C)CC2)c1. The molecule has 0 saturated carbocycles. The molecule has 0 spiro atoms. The number of nitrogens with zero attached hydrogens (tertiary/aromatic N) is 1. The lowest BCUT2D eigenvalue weighted by molar-refractivity contribution is 0.0697. The second kappa shape index (κ2) is 7.90. The Kier molecular flexibility index (Phi) is 6.15. The van der Waals surface area contributed by atoms with Crippen molar-refractivity contribution in [3.05, 3.63) is 29.8 Å². The van der Waals surface area contributed by atoms with Gasteiger partial charge in [0.1, 0.15) is 0 Å². The van der Waals surface area contributed by atoms with Crippen molar-refractivity contribution >= 4 is 15.9 Å². The van der Waals surface area contributed by atoms with E-state index in [1.54, 1.807) is 17.0 Å². The molecule has 0 atom stereocenters. The van der Waals surface area contributed by atoms with Crippen LogP contribution in [0.25, 0.3) is 0 Å². The molecule has 1 amide bonds. The fourth-order valence-corrected chi connectivity index (χ4v) is 3.61. The molecular weight excluding hydrogens is 316 g/mol. The number of likely N-dealkylation sites (tertiary alicyclic amines) is 1. The van der Waals surface area contributed by atoms with Gasteiger partial charge in [-0.05, 0) is 37.0 Å². The molecule has 1 aromatic carbocycles. The zero-order valence-corrected chi connectivity index (χ0v) is 14.4. The van der Waals surface area contributed by atoms with Crippen LogP contribution in [0.5, 0.6) is 0 Å². The van der Waals surface area contributed by atoms with Crippen LogP contribution in [0.3, 0.4) is 0 Å². The third-order valence-corrected chi connectivity index (χ3v) is 5.52. The molecule has 1 heterocycles. The van der Waals surface area contributed by atoms with Gasteiger partial charge in [0.15, 0.2) is 0 Å². The van der Waals surface area contributed by atoms with Crippen molar-refractivity contribution in [2.45, 2.75) is 24.7 Å². The summed E-state index contributed by atoms with van der Waals surface area (Å²) in [6.45, 7) is 4.12. The zero-order chi connectivity index (χ0) is 16.9. The van der Waals surface area contributed by atoms with Gasteiger partial charge in [-0.25, -0.2) is 13.1 Å². The Hall–Kier alpha value is -1.44. The highest BCUT2D eigenvalue weighted by Crippen LogP contribution is 2.19. The largest absolute Gasteiger partial charge is 0.383 e. The Labute approximate surface area is 137 Å². The lowest BCUT2D eigenvalue weighted by atomic mass is 9.98. The average Bonchev–Trinajstić information content (AvgIpc) is 2.55. The third kappa shape index (κ3) is 4.76. The van der Waals surface area contributed by atoms with E-state index < -0.39 is 10.0 Å². The molecule has 6 nitrogen and oxygen atoms in total. The molecular formula is C16H24N2O4S. The number of amides is 1. The van der Waals surface area contributed by atoms with Gasteiger partial charge in [0.2, 0.25) is 10.0 Å². The Balaban J connectivity index is 2.11. The van der Waals surface area contributed by atoms with E-state index in [0.29, 0.717) is 18.1 Å². The van der Waals surface area contributed by atoms with Crippen LogP contribution in [-0.4, -0.2) is 52.6 Å². The van der Waals surface area contributed by atoms with E-state index in [-0.39, 0.29) is 17.3 Å². The first-order valence-corrected chi connectivity index (χ1v) is 9.30. The Morgan fingerprint density at radius 1 is 1.35 bits per heavy atom. The first kappa shape index (κ1) is 17.9. The van der Waals surface area contributed by atoms with E-state index in [9.17, 15) is 13.2 Å². The van der Waals surface area contributed by atoms with E-state index >= 15 is 0 Å². The fraction of sp³-hybridized carbons (Fsp3) is 0.562. The van der Waals surface area contributed by atoms with Crippen molar-refractivity contribution in [1.29, 1.82) is 0 Å². The van der Waals surface area contributed by atoms with Gasteiger partial charge in [-0.1, -0.05) is 13.0 Å². The summed E-state index contributed by atoms with van der Waals surface area (Å²) in [4.78, 5) is 14.4. The maximum atomic E-state index is 12.5. The van der Waals surface area contributed by atoms with E-state index in [1.807, 2.05) is 0 Å². The van der Waals surface area contributed by atoms with Crippen LogP contribution in [-0.2, 0) is 14.8 Å². The lowest BCUT2D eigenvalue weighted by Crippen LogP contribution is -2.38. The number of piperidine rings is 1.